The van der Waals surface area contributed by atoms with Gasteiger partial charge in [-0.05, 0) is 57.4 Å². The van der Waals surface area contributed by atoms with Crippen LogP contribution in [-0.4, -0.2) is 11.4 Å². The van der Waals surface area contributed by atoms with Crippen LogP contribution in [0.3, 0.4) is 0 Å². The van der Waals surface area contributed by atoms with Gasteiger partial charge in [0, 0.05) is 22.5 Å². The Bertz CT molecular complexity index is 484. The van der Waals surface area contributed by atoms with Gasteiger partial charge in [0.15, 0.2) is 0 Å². The van der Waals surface area contributed by atoms with Crippen molar-refractivity contribution in [2.45, 2.75) is 59.4 Å². The number of allylic oxidation sites excluding steroid dienone is 1. The van der Waals surface area contributed by atoms with Gasteiger partial charge in [0.2, 0.25) is 0 Å². The van der Waals surface area contributed by atoms with Crippen LogP contribution in [0.2, 0.25) is 0 Å². The van der Waals surface area contributed by atoms with Crippen molar-refractivity contribution in [2.75, 3.05) is 10.6 Å². The van der Waals surface area contributed by atoms with Crippen molar-refractivity contribution >= 4 is 17.3 Å². The van der Waals surface area contributed by atoms with Gasteiger partial charge < -0.3 is 10.6 Å². The average molecular weight is 288 g/mol. The van der Waals surface area contributed by atoms with Crippen LogP contribution in [0, 0.1) is 0 Å². The number of hydrogen-bond acceptors (Lipinski definition) is 2. The Hall–Kier alpha value is -1.77. The molecule has 0 unspecified atom stereocenters. The molecule has 0 bridgehead atoms. The number of nitrogens with one attached hydrogen (secondary N) is 2. The van der Waals surface area contributed by atoms with E-state index in [0.717, 1.165) is 36.2 Å². The minimum atomic E-state index is -0.0207. The monoisotopic (exact) mass is 288 g/mol. The van der Waals surface area contributed by atoms with Gasteiger partial charge in [-0.2, -0.15) is 0 Å². The smallest absolute Gasteiger partial charge is 0.251 e. The molecule has 2 N–H and O–H groups in total. The van der Waals surface area contributed by atoms with Gasteiger partial charge in [0.25, 0.3) is 5.91 Å². The number of amides is 1. The first-order chi connectivity index (χ1) is 9.97. The van der Waals surface area contributed by atoms with Gasteiger partial charge in [-0.25, -0.2) is 0 Å². The molecule has 0 fully saturated rings. The molecule has 0 aliphatic rings. The number of carbonyl (C=O) groups is 1. The molecule has 0 radical (unpaired) electrons. The first kappa shape index (κ1) is 17.3. The third-order valence-electron chi connectivity index (χ3n) is 4.17. The van der Waals surface area contributed by atoms with E-state index in [1.54, 1.807) is 0 Å². The summed E-state index contributed by atoms with van der Waals surface area (Å²) < 4.78 is 0. The molecular weight excluding hydrogens is 260 g/mol. The molecule has 1 amide bonds. The summed E-state index contributed by atoms with van der Waals surface area (Å²) in [4.78, 5) is 12.0. The normalized spacial score (nSPS) is 12.1. The lowest BCUT2D eigenvalue weighted by Gasteiger charge is -2.29. The summed E-state index contributed by atoms with van der Waals surface area (Å²) in [5.74, 6) is -0.0207. The second kappa shape index (κ2) is 7.87. The van der Waals surface area contributed by atoms with E-state index in [2.05, 4.69) is 31.4 Å². The Morgan fingerprint density at radius 1 is 1.10 bits per heavy atom. The van der Waals surface area contributed by atoms with Crippen molar-refractivity contribution in [2.24, 2.45) is 0 Å². The number of hydrogen-bond donors (Lipinski definition) is 2. The predicted octanol–water partition coefficient (Wildman–Crippen LogP) is 4.97. The highest BCUT2D eigenvalue weighted by molar-refractivity contribution is 6.03. The van der Waals surface area contributed by atoms with E-state index in [-0.39, 0.29) is 11.4 Å². The standard InChI is InChI=1S/C18H28N2O/c1-6-14(7-2)17(21)19-15-10-12-16(13-11-15)20-18(5,8-3)9-4/h6,10-13,20H,7-9H2,1-5H3,(H,19,21). The fraction of sp³-hybridized carbons (Fsp3) is 0.500. The molecule has 0 aliphatic heterocycles. The van der Waals surface area contributed by atoms with Gasteiger partial charge in [0.05, 0.1) is 0 Å². The minimum absolute atomic E-state index is 0.0207. The van der Waals surface area contributed by atoms with Crippen LogP contribution in [0.15, 0.2) is 35.9 Å². The summed E-state index contributed by atoms with van der Waals surface area (Å²) >= 11 is 0. The van der Waals surface area contributed by atoms with Gasteiger partial charge in [0.1, 0.15) is 0 Å². The Morgan fingerprint density at radius 3 is 2.05 bits per heavy atom. The maximum Gasteiger partial charge on any atom is 0.251 e. The number of anilines is 2. The van der Waals surface area contributed by atoms with E-state index in [1.165, 1.54) is 0 Å². The molecular formula is C18H28N2O. The molecule has 1 aromatic carbocycles. The molecule has 116 valence electrons. The summed E-state index contributed by atoms with van der Waals surface area (Å²) in [6, 6.07) is 7.91. The fourth-order valence-corrected chi connectivity index (χ4v) is 2.12. The molecule has 1 aromatic rings. The SMILES string of the molecule is CC=C(CC)C(=O)Nc1ccc(NC(C)(CC)CC)cc1. The maximum absolute atomic E-state index is 12.0. The van der Waals surface area contributed by atoms with Crippen LogP contribution in [0.1, 0.15) is 53.9 Å². The summed E-state index contributed by atoms with van der Waals surface area (Å²) in [6.45, 7) is 10.5. The van der Waals surface area contributed by atoms with E-state index in [1.807, 2.05) is 44.2 Å². The van der Waals surface area contributed by atoms with Crippen LogP contribution < -0.4 is 10.6 Å². The van der Waals surface area contributed by atoms with Gasteiger partial charge in [-0.3, -0.25) is 4.79 Å². The zero-order valence-corrected chi connectivity index (χ0v) is 13.9. The van der Waals surface area contributed by atoms with E-state index < -0.39 is 0 Å². The zero-order valence-electron chi connectivity index (χ0n) is 13.9. The van der Waals surface area contributed by atoms with Crippen molar-refractivity contribution in [1.29, 1.82) is 0 Å². The van der Waals surface area contributed by atoms with Gasteiger partial charge >= 0.3 is 0 Å². The largest absolute Gasteiger partial charge is 0.380 e. The molecule has 0 atom stereocenters. The highest BCUT2D eigenvalue weighted by atomic mass is 16.1. The summed E-state index contributed by atoms with van der Waals surface area (Å²) in [6.07, 6.45) is 4.75. The third-order valence-corrected chi connectivity index (χ3v) is 4.17. The summed E-state index contributed by atoms with van der Waals surface area (Å²) in [7, 11) is 0. The minimum Gasteiger partial charge on any atom is -0.380 e. The Balaban J connectivity index is 2.73. The molecule has 3 nitrogen and oxygen atoms in total. The third kappa shape index (κ3) is 4.92. The van der Waals surface area contributed by atoms with Crippen molar-refractivity contribution in [3.8, 4) is 0 Å². The lowest BCUT2D eigenvalue weighted by molar-refractivity contribution is -0.113. The van der Waals surface area contributed by atoms with Crippen molar-refractivity contribution < 1.29 is 4.79 Å². The molecule has 0 heterocycles. The van der Waals surface area contributed by atoms with Gasteiger partial charge in [-0.15, -0.1) is 0 Å². The zero-order chi connectivity index (χ0) is 15.9. The first-order valence-electron chi connectivity index (χ1n) is 7.82. The Kier molecular flexibility index (Phi) is 6.47. The lowest BCUT2D eigenvalue weighted by Crippen LogP contribution is -2.32. The number of rotatable bonds is 7. The van der Waals surface area contributed by atoms with Crippen LogP contribution >= 0.6 is 0 Å². The second-order valence-corrected chi connectivity index (χ2v) is 5.59. The topological polar surface area (TPSA) is 41.1 Å². The fourth-order valence-electron chi connectivity index (χ4n) is 2.12. The average Bonchev–Trinajstić information content (AvgIpc) is 2.50. The highest BCUT2D eigenvalue weighted by Gasteiger charge is 2.18. The molecule has 0 saturated heterocycles. The Labute approximate surface area is 128 Å². The van der Waals surface area contributed by atoms with Crippen LogP contribution in [0.4, 0.5) is 11.4 Å². The number of carbonyl (C=O) groups excluding carboxylic acids is 1. The predicted molar refractivity (Wildman–Crippen MR) is 91.7 cm³/mol. The second-order valence-electron chi connectivity index (χ2n) is 5.59. The van der Waals surface area contributed by atoms with Crippen LogP contribution in [0.25, 0.3) is 0 Å². The van der Waals surface area contributed by atoms with E-state index in [9.17, 15) is 4.79 Å². The Morgan fingerprint density at radius 2 is 1.62 bits per heavy atom. The van der Waals surface area contributed by atoms with E-state index in [4.69, 9.17) is 0 Å². The van der Waals surface area contributed by atoms with Crippen molar-refractivity contribution in [3.63, 3.8) is 0 Å². The molecule has 0 saturated carbocycles. The lowest BCUT2D eigenvalue weighted by atomic mass is 9.95. The van der Waals surface area contributed by atoms with E-state index in [0.29, 0.717) is 0 Å². The molecule has 3 heteroatoms. The van der Waals surface area contributed by atoms with Crippen LogP contribution in [0.5, 0.6) is 0 Å². The van der Waals surface area contributed by atoms with Crippen LogP contribution in [-0.2, 0) is 4.79 Å². The molecule has 1 rings (SSSR count). The molecule has 0 aromatic heterocycles. The van der Waals surface area contributed by atoms with Gasteiger partial charge in [-0.1, -0.05) is 26.8 Å². The highest BCUT2D eigenvalue weighted by Crippen LogP contribution is 2.23. The van der Waals surface area contributed by atoms with Crippen molar-refractivity contribution in [3.05, 3.63) is 35.9 Å². The number of benzene rings is 1. The molecule has 21 heavy (non-hydrogen) atoms. The van der Waals surface area contributed by atoms with E-state index >= 15 is 0 Å². The maximum atomic E-state index is 12.0. The first-order valence-corrected chi connectivity index (χ1v) is 7.82. The summed E-state index contributed by atoms with van der Waals surface area (Å²) in [5, 5.41) is 6.48. The molecule has 0 spiro atoms. The van der Waals surface area contributed by atoms with Crippen molar-refractivity contribution in [1.82, 2.24) is 0 Å². The summed E-state index contributed by atoms with van der Waals surface area (Å²) in [5.41, 5.74) is 2.83. The molecule has 0 aliphatic carbocycles. The quantitative estimate of drug-likeness (QED) is 0.695.